The molecule has 1 aromatic heterocycles. The molecule has 1 heterocycles. The second kappa shape index (κ2) is 6.31. The highest BCUT2D eigenvalue weighted by molar-refractivity contribution is 6.28. The number of methoxy groups -OCH3 is 1. The summed E-state index contributed by atoms with van der Waals surface area (Å²) in [6, 6.07) is 7.80. The van der Waals surface area contributed by atoms with Gasteiger partial charge in [-0.15, -0.1) is 0 Å². The molecule has 0 fully saturated rings. The SMILES string of the molecule is COc1ccc(COc2nc(Cl)nc3c2CCCC3)cc1. The highest BCUT2D eigenvalue weighted by Gasteiger charge is 2.18. The van der Waals surface area contributed by atoms with Gasteiger partial charge in [-0.05, 0) is 55.0 Å². The quantitative estimate of drug-likeness (QED) is 0.810. The van der Waals surface area contributed by atoms with Crippen molar-refractivity contribution in [1.29, 1.82) is 0 Å². The number of ether oxygens (including phenoxy) is 2. The molecular formula is C16H17ClN2O2. The van der Waals surface area contributed by atoms with Gasteiger partial charge in [-0.3, -0.25) is 0 Å². The summed E-state index contributed by atoms with van der Waals surface area (Å²) < 4.78 is 11.0. The summed E-state index contributed by atoms with van der Waals surface area (Å²) in [4.78, 5) is 8.55. The maximum Gasteiger partial charge on any atom is 0.225 e. The Bertz CT molecular complexity index is 629. The van der Waals surface area contributed by atoms with E-state index in [0.29, 0.717) is 12.5 Å². The first-order valence-corrected chi connectivity index (χ1v) is 7.45. The van der Waals surface area contributed by atoms with Crippen molar-refractivity contribution in [1.82, 2.24) is 9.97 Å². The van der Waals surface area contributed by atoms with Crippen molar-refractivity contribution in [3.8, 4) is 11.6 Å². The van der Waals surface area contributed by atoms with E-state index >= 15 is 0 Å². The third kappa shape index (κ3) is 3.27. The lowest BCUT2D eigenvalue weighted by Crippen LogP contribution is -2.10. The van der Waals surface area contributed by atoms with E-state index in [1.165, 1.54) is 0 Å². The molecule has 3 rings (SSSR count). The Morgan fingerprint density at radius 3 is 2.62 bits per heavy atom. The number of halogens is 1. The Morgan fingerprint density at radius 2 is 1.86 bits per heavy atom. The number of fused-ring (bicyclic) bond motifs is 1. The fourth-order valence-electron chi connectivity index (χ4n) is 2.52. The topological polar surface area (TPSA) is 44.2 Å². The average molecular weight is 305 g/mol. The van der Waals surface area contributed by atoms with Crippen LogP contribution in [0.4, 0.5) is 0 Å². The van der Waals surface area contributed by atoms with Crippen molar-refractivity contribution >= 4 is 11.6 Å². The van der Waals surface area contributed by atoms with Crippen LogP contribution in [0.25, 0.3) is 0 Å². The molecule has 0 spiro atoms. The maximum atomic E-state index is 5.98. The molecule has 4 nitrogen and oxygen atoms in total. The molecule has 0 atom stereocenters. The zero-order valence-electron chi connectivity index (χ0n) is 11.9. The number of nitrogens with zero attached hydrogens (tertiary/aromatic N) is 2. The summed E-state index contributed by atoms with van der Waals surface area (Å²) in [7, 11) is 1.65. The van der Waals surface area contributed by atoms with E-state index in [-0.39, 0.29) is 5.28 Å². The second-order valence-corrected chi connectivity index (χ2v) is 5.40. The highest BCUT2D eigenvalue weighted by Crippen LogP contribution is 2.28. The number of rotatable bonds is 4. The van der Waals surface area contributed by atoms with E-state index in [2.05, 4.69) is 9.97 Å². The molecule has 0 N–H and O–H groups in total. The normalized spacial score (nSPS) is 13.6. The van der Waals surface area contributed by atoms with E-state index in [9.17, 15) is 0 Å². The molecule has 21 heavy (non-hydrogen) atoms. The third-order valence-corrected chi connectivity index (χ3v) is 3.82. The Labute approximate surface area is 129 Å². The van der Waals surface area contributed by atoms with Crippen LogP contribution in [0.3, 0.4) is 0 Å². The zero-order chi connectivity index (χ0) is 14.7. The van der Waals surface area contributed by atoms with Crippen LogP contribution in [0.15, 0.2) is 24.3 Å². The molecule has 0 saturated heterocycles. The number of benzene rings is 1. The molecule has 1 aromatic carbocycles. The molecule has 110 valence electrons. The Kier molecular flexibility index (Phi) is 4.25. The van der Waals surface area contributed by atoms with Crippen molar-refractivity contribution in [2.45, 2.75) is 32.3 Å². The fraction of sp³-hybridized carbons (Fsp3) is 0.375. The first-order chi connectivity index (χ1) is 10.3. The van der Waals surface area contributed by atoms with Crippen molar-refractivity contribution in [2.75, 3.05) is 7.11 Å². The minimum Gasteiger partial charge on any atom is -0.497 e. The van der Waals surface area contributed by atoms with E-state index in [4.69, 9.17) is 21.1 Å². The van der Waals surface area contributed by atoms with Crippen LogP contribution >= 0.6 is 11.6 Å². The van der Waals surface area contributed by atoms with E-state index in [1.807, 2.05) is 24.3 Å². The molecule has 0 unspecified atom stereocenters. The maximum absolute atomic E-state index is 5.98. The standard InChI is InChI=1S/C16H17ClN2O2/c1-20-12-8-6-11(7-9-12)10-21-15-13-4-2-3-5-14(13)18-16(17)19-15/h6-9H,2-5,10H2,1H3. The van der Waals surface area contributed by atoms with Gasteiger partial charge in [-0.2, -0.15) is 4.98 Å². The van der Waals surface area contributed by atoms with Crippen molar-refractivity contribution in [2.24, 2.45) is 0 Å². The van der Waals surface area contributed by atoms with Gasteiger partial charge in [-0.1, -0.05) is 12.1 Å². The summed E-state index contributed by atoms with van der Waals surface area (Å²) in [6.45, 7) is 0.462. The molecule has 1 aliphatic carbocycles. The first-order valence-electron chi connectivity index (χ1n) is 7.07. The number of aryl methyl sites for hydroxylation is 1. The molecular weight excluding hydrogens is 288 g/mol. The lowest BCUT2D eigenvalue weighted by molar-refractivity contribution is 0.287. The average Bonchev–Trinajstić information content (AvgIpc) is 2.53. The summed E-state index contributed by atoms with van der Waals surface area (Å²) in [5.74, 6) is 1.46. The van der Waals surface area contributed by atoms with E-state index in [1.54, 1.807) is 7.11 Å². The van der Waals surface area contributed by atoms with E-state index < -0.39 is 0 Å². The predicted molar refractivity (Wildman–Crippen MR) is 81.0 cm³/mol. The monoisotopic (exact) mass is 304 g/mol. The van der Waals surface area contributed by atoms with Gasteiger partial charge in [0, 0.05) is 5.56 Å². The Morgan fingerprint density at radius 1 is 1.10 bits per heavy atom. The lowest BCUT2D eigenvalue weighted by Gasteiger charge is -2.18. The van der Waals surface area contributed by atoms with Crippen LogP contribution < -0.4 is 9.47 Å². The summed E-state index contributed by atoms with van der Waals surface area (Å²) in [5, 5.41) is 0.264. The van der Waals surface area contributed by atoms with Gasteiger partial charge in [0.05, 0.1) is 12.8 Å². The van der Waals surface area contributed by atoms with Crippen molar-refractivity contribution < 1.29 is 9.47 Å². The van der Waals surface area contributed by atoms with Gasteiger partial charge >= 0.3 is 0 Å². The first kappa shape index (κ1) is 14.1. The number of hydrogen-bond acceptors (Lipinski definition) is 4. The summed E-state index contributed by atoms with van der Waals surface area (Å²) in [6.07, 6.45) is 4.22. The smallest absolute Gasteiger partial charge is 0.225 e. The lowest BCUT2D eigenvalue weighted by atomic mass is 9.97. The van der Waals surface area contributed by atoms with Gasteiger partial charge in [0.1, 0.15) is 12.4 Å². The zero-order valence-corrected chi connectivity index (χ0v) is 12.7. The van der Waals surface area contributed by atoms with Gasteiger partial charge in [0.15, 0.2) is 0 Å². The molecule has 0 saturated carbocycles. The van der Waals surface area contributed by atoms with Crippen LogP contribution in [-0.2, 0) is 19.4 Å². The fourth-order valence-corrected chi connectivity index (χ4v) is 2.70. The van der Waals surface area contributed by atoms with E-state index in [0.717, 1.165) is 48.3 Å². The van der Waals surface area contributed by atoms with Crippen molar-refractivity contribution in [3.05, 3.63) is 46.4 Å². The Hall–Kier alpha value is -1.81. The van der Waals surface area contributed by atoms with Crippen LogP contribution in [0, 0.1) is 0 Å². The third-order valence-electron chi connectivity index (χ3n) is 3.65. The minimum absolute atomic E-state index is 0.264. The minimum atomic E-state index is 0.264. The predicted octanol–water partition coefficient (Wildman–Crippen LogP) is 3.60. The van der Waals surface area contributed by atoms with Crippen LogP contribution in [0.2, 0.25) is 5.28 Å². The second-order valence-electron chi connectivity index (χ2n) is 5.07. The van der Waals surface area contributed by atoms with Crippen LogP contribution in [0.5, 0.6) is 11.6 Å². The molecule has 0 aliphatic heterocycles. The molecule has 5 heteroatoms. The molecule has 1 aliphatic rings. The molecule has 0 amide bonds. The molecule has 0 bridgehead atoms. The van der Waals surface area contributed by atoms with Gasteiger partial charge < -0.3 is 9.47 Å². The van der Waals surface area contributed by atoms with Gasteiger partial charge in [0.2, 0.25) is 11.2 Å². The molecule has 0 radical (unpaired) electrons. The summed E-state index contributed by atoms with van der Waals surface area (Å²) >= 11 is 5.98. The van der Waals surface area contributed by atoms with Crippen LogP contribution in [-0.4, -0.2) is 17.1 Å². The Balaban J connectivity index is 1.76. The van der Waals surface area contributed by atoms with Crippen molar-refractivity contribution in [3.63, 3.8) is 0 Å². The van der Waals surface area contributed by atoms with Gasteiger partial charge in [0.25, 0.3) is 0 Å². The number of aromatic nitrogens is 2. The largest absolute Gasteiger partial charge is 0.497 e. The van der Waals surface area contributed by atoms with Gasteiger partial charge in [-0.25, -0.2) is 4.98 Å². The number of hydrogen-bond donors (Lipinski definition) is 0. The van der Waals surface area contributed by atoms with Crippen LogP contribution in [0.1, 0.15) is 29.7 Å². The molecule has 2 aromatic rings. The highest BCUT2D eigenvalue weighted by atomic mass is 35.5. The summed E-state index contributed by atoms with van der Waals surface area (Å²) in [5.41, 5.74) is 3.21.